The summed E-state index contributed by atoms with van der Waals surface area (Å²) in [4.78, 5) is 11.7. The lowest BCUT2D eigenvalue weighted by Gasteiger charge is -2.42. The van der Waals surface area contributed by atoms with Gasteiger partial charge in [-0.1, -0.05) is 0 Å². The standard InChI is InChI=1S/C11H21N3O3/c1-2-17-9-5-8(12)10(9)14-11(15)13-7-3-4-16-6-7/h7-10H,2-6,12H2,1H3,(H2,13,14,15). The smallest absolute Gasteiger partial charge is 0.315 e. The Morgan fingerprint density at radius 2 is 2.35 bits per heavy atom. The van der Waals surface area contributed by atoms with Crippen LogP contribution in [0.15, 0.2) is 0 Å². The van der Waals surface area contributed by atoms with Gasteiger partial charge in [0.15, 0.2) is 0 Å². The molecule has 0 aromatic heterocycles. The van der Waals surface area contributed by atoms with E-state index in [4.69, 9.17) is 15.2 Å². The molecule has 4 unspecified atom stereocenters. The van der Waals surface area contributed by atoms with Crippen LogP contribution in [0, 0.1) is 0 Å². The second-order valence-corrected chi connectivity index (χ2v) is 4.60. The van der Waals surface area contributed by atoms with Crippen LogP contribution in [0.2, 0.25) is 0 Å². The molecule has 1 saturated heterocycles. The van der Waals surface area contributed by atoms with Crippen LogP contribution in [0.4, 0.5) is 4.79 Å². The summed E-state index contributed by atoms with van der Waals surface area (Å²) >= 11 is 0. The summed E-state index contributed by atoms with van der Waals surface area (Å²) in [6, 6.07) is -0.128. The normalized spacial score (nSPS) is 36.4. The Bertz CT molecular complexity index is 267. The van der Waals surface area contributed by atoms with E-state index in [1.807, 2.05) is 6.92 Å². The molecule has 1 aliphatic carbocycles. The van der Waals surface area contributed by atoms with Crippen LogP contribution in [0.1, 0.15) is 19.8 Å². The maximum atomic E-state index is 11.7. The molecule has 6 nitrogen and oxygen atoms in total. The minimum absolute atomic E-state index is 0.00266. The fourth-order valence-corrected chi connectivity index (χ4v) is 2.25. The zero-order valence-corrected chi connectivity index (χ0v) is 10.1. The highest BCUT2D eigenvalue weighted by molar-refractivity contribution is 5.75. The van der Waals surface area contributed by atoms with Gasteiger partial charge in [0.05, 0.1) is 24.8 Å². The molecule has 2 aliphatic rings. The van der Waals surface area contributed by atoms with E-state index in [-0.39, 0.29) is 30.3 Å². The molecule has 2 rings (SSSR count). The fraction of sp³-hybridized carbons (Fsp3) is 0.909. The maximum Gasteiger partial charge on any atom is 0.315 e. The topological polar surface area (TPSA) is 85.6 Å². The summed E-state index contributed by atoms with van der Waals surface area (Å²) < 4.78 is 10.7. The van der Waals surface area contributed by atoms with Gasteiger partial charge in [0.1, 0.15) is 0 Å². The van der Waals surface area contributed by atoms with Crippen LogP contribution >= 0.6 is 0 Å². The van der Waals surface area contributed by atoms with Crippen LogP contribution in [0.25, 0.3) is 0 Å². The molecule has 4 N–H and O–H groups in total. The molecule has 1 saturated carbocycles. The molecule has 1 heterocycles. The maximum absolute atomic E-state index is 11.7. The molecule has 6 heteroatoms. The van der Waals surface area contributed by atoms with E-state index in [1.165, 1.54) is 0 Å². The minimum atomic E-state index is -0.176. The Morgan fingerprint density at radius 3 is 2.94 bits per heavy atom. The van der Waals surface area contributed by atoms with Gasteiger partial charge >= 0.3 is 6.03 Å². The zero-order valence-electron chi connectivity index (χ0n) is 10.1. The number of amides is 2. The summed E-state index contributed by atoms with van der Waals surface area (Å²) in [5.74, 6) is 0. The van der Waals surface area contributed by atoms with Crippen LogP contribution in [0.5, 0.6) is 0 Å². The van der Waals surface area contributed by atoms with Gasteiger partial charge in [-0.15, -0.1) is 0 Å². The van der Waals surface area contributed by atoms with Crippen molar-refractivity contribution in [3.63, 3.8) is 0 Å². The fourth-order valence-electron chi connectivity index (χ4n) is 2.25. The lowest BCUT2D eigenvalue weighted by molar-refractivity contribution is -0.0283. The van der Waals surface area contributed by atoms with Gasteiger partial charge in [-0.05, 0) is 19.8 Å². The second kappa shape index (κ2) is 5.66. The Hall–Kier alpha value is -0.850. The number of nitrogens with one attached hydrogen (secondary N) is 2. The largest absolute Gasteiger partial charge is 0.379 e. The van der Waals surface area contributed by atoms with Crippen molar-refractivity contribution >= 4 is 6.03 Å². The highest BCUT2D eigenvalue weighted by atomic mass is 16.5. The number of carbonyl (C=O) groups is 1. The molecule has 17 heavy (non-hydrogen) atoms. The van der Waals surface area contributed by atoms with Crippen molar-refractivity contribution in [3.05, 3.63) is 0 Å². The first-order valence-electron chi connectivity index (χ1n) is 6.22. The summed E-state index contributed by atoms with van der Waals surface area (Å²) in [6.07, 6.45) is 1.74. The van der Waals surface area contributed by atoms with Gasteiger partial charge in [-0.2, -0.15) is 0 Å². The van der Waals surface area contributed by atoms with Crippen molar-refractivity contribution in [2.75, 3.05) is 19.8 Å². The third-order valence-corrected chi connectivity index (χ3v) is 3.31. The summed E-state index contributed by atoms with van der Waals surface area (Å²) in [5, 5.41) is 5.75. The molecular weight excluding hydrogens is 222 g/mol. The number of hydrogen-bond acceptors (Lipinski definition) is 4. The van der Waals surface area contributed by atoms with Crippen molar-refractivity contribution < 1.29 is 14.3 Å². The number of ether oxygens (including phenoxy) is 2. The van der Waals surface area contributed by atoms with Crippen molar-refractivity contribution in [2.24, 2.45) is 5.73 Å². The molecule has 1 aliphatic heterocycles. The van der Waals surface area contributed by atoms with E-state index in [1.54, 1.807) is 0 Å². The number of urea groups is 1. The van der Waals surface area contributed by atoms with E-state index in [2.05, 4.69) is 10.6 Å². The van der Waals surface area contributed by atoms with E-state index < -0.39 is 0 Å². The first-order valence-corrected chi connectivity index (χ1v) is 6.22. The van der Waals surface area contributed by atoms with E-state index in [0.717, 1.165) is 19.4 Å². The summed E-state index contributed by atoms with van der Waals surface area (Å²) in [5.41, 5.74) is 5.85. The Labute approximate surface area is 101 Å². The van der Waals surface area contributed by atoms with Crippen LogP contribution in [-0.4, -0.2) is 50.1 Å². The number of rotatable bonds is 4. The van der Waals surface area contributed by atoms with Crippen LogP contribution in [0.3, 0.4) is 0 Å². The minimum Gasteiger partial charge on any atom is -0.379 e. The van der Waals surface area contributed by atoms with Gasteiger partial charge in [-0.25, -0.2) is 4.79 Å². The van der Waals surface area contributed by atoms with Gasteiger partial charge in [0.25, 0.3) is 0 Å². The highest BCUT2D eigenvalue weighted by Gasteiger charge is 2.40. The first-order chi connectivity index (χ1) is 8.20. The SMILES string of the molecule is CCOC1CC(N)C1NC(=O)NC1CCOC1. The second-order valence-electron chi connectivity index (χ2n) is 4.60. The van der Waals surface area contributed by atoms with E-state index in [0.29, 0.717) is 13.2 Å². The Balaban J connectivity index is 1.73. The summed E-state index contributed by atoms with van der Waals surface area (Å²) in [7, 11) is 0. The zero-order chi connectivity index (χ0) is 12.3. The average Bonchev–Trinajstić information content (AvgIpc) is 2.79. The molecule has 0 aromatic rings. The quantitative estimate of drug-likeness (QED) is 0.626. The predicted octanol–water partition coefficient (Wildman–Crippen LogP) is -0.421. The van der Waals surface area contributed by atoms with Crippen LogP contribution < -0.4 is 16.4 Å². The Kier molecular flexibility index (Phi) is 4.20. The lowest BCUT2D eigenvalue weighted by atomic mass is 9.83. The van der Waals surface area contributed by atoms with Crippen LogP contribution in [-0.2, 0) is 9.47 Å². The third-order valence-electron chi connectivity index (χ3n) is 3.31. The molecule has 98 valence electrons. The molecule has 0 bridgehead atoms. The molecule has 4 atom stereocenters. The Morgan fingerprint density at radius 1 is 1.53 bits per heavy atom. The average molecular weight is 243 g/mol. The number of hydrogen-bond donors (Lipinski definition) is 3. The van der Waals surface area contributed by atoms with Crippen molar-refractivity contribution in [2.45, 2.75) is 44.0 Å². The van der Waals surface area contributed by atoms with E-state index in [9.17, 15) is 4.79 Å². The molecule has 2 amide bonds. The number of nitrogens with two attached hydrogens (primary N) is 1. The molecule has 2 fully saturated rings. The molecular formula is C11H21N3O3. The van der Waals surface area contributed by atoms with Gasteiger partial charge < -0.3 is 25.8 Å². The van der Waals surface area contributed by atoms with Gasteiger partial charge in [-0.3, -0.25) is 0 Å². The number of carbonyl (C=O) groups excluding carboxylic acids is 1. The summed E-state index contributed by atoms with van der Waals surface area (Å²) in [6.45, 7) is 3.90. The third kappa shape index (κ3) is 3.08. The first kappa shape index (κ1) is 12.6. The highest BCUT2D eigenvalue weighted by Crippen LogP contribution is 2.22. The van der Waals surface area contributed by atoms with Crippen molar-refractivity contribution in [1.82, 2.24) is 10.6 Å². The lowest BCUT2D eigenvalue weighted by Crippen LogP contribution is -2.66. The molecule has 0 spiro atoms. The molecule has 0 radical (unpaired) electrons. The van der Waals surface area contributed by atoms with Crippen molar-refractivity contribution in [1.29, 1.82) is 0 Å². The molecule has 0 aromatic carbocycles. The van der Waals surface area contributed by atoms with E-state index >= 15 is 0 Å². The predicted molar refractivity (Wildman–Crippen MR) is 62.7 cm³/mol. The van der Waals surface area contributed by atoms with Gasteiger partial charge in [0.2, 0.25) is 0 Å². The monoisotopic (exact) mass is 243 g/mol. The van der Waals surface area contributed by atoms with Gasteiger partial charge in [0, 0.05) is 19.3 Å². The van der Waals surface area contributed by atoms with Crippen molar-refractivity contribution in [3.8, 4) is 0 Å².